The SMILES string of the molecule is NC(=O)CCNC(=O)c1sc2nccnc2c1N. The number of carbonyl (C=O) groups is 2. The van der Waals surface area contributed by atoms with Crippen LogP contribution in [0.25, 0.3) is 10.3 Å². The van der Waals surface area contributed by atoms with Crippen LogP contribution in [0.4, 0.5) is 5.69 Å². The first-order valence-electron chi connectivity index (χ1n) is 5.15. The van der Waals surface area contributed by atoms with E-state index in [0.717, 1.165) is 11.3 Å². The van der Waals surface area contributed by atoms with Gasteiger partial charge in [0, 0.05) is 25.4 Å². The van der Waals surface area contributed by atoms with Crippen LogP contribution in [-0.2, 0) is 4.79 Å². The van der Waals surface area contributed by atoms with Gasteiger partial charge in [-0.15, -0.1) is 11.3 Å². The number of aromatic nitrogens is 2. The van der Waals surface area contributed by atoms with E-state index < -0.39 is 5.91 Å². The lowest BCUT2D eigenvalue weighted by Gasteiger charge is -2.01. The van der Waals surface area contributed by atoms with Gasteiger partial charge in [0.15, 0.2) is 0 Å². The largest absolute Gasteiger partial charge is 0.396 e. The molecule has 2 aromatic rings. The maximum atomic E-state index is 11.8. The van der Waals surface area contributed by atoms with Gasteiger partial charge in [-0.1, -0.05) is 0 Å². The van der Waals surface area contributed by atoms with Gasteiger partial charge >= 0.3 is 0 Å². The average Bonchev–Trinajstić information content (AvgIpc) is 2.67. The monoisotopic (exact) mass is 265 g/mol. The fourth-order valence-electron chi connectivity index (χ4n) is 1.39. The fraction of sp³-hybridized carbons (Fsp3) is 0.200. The molecule has 0 fully saturated rings. The molecule has 0 saturated carbocycles. The lowest BCUT2D eigenvalue weighted by atomic mass is 10.3. The summed E-state index contributed by atoms with van der Waals surface area (Å²) in [6, 6.07) is 0. The second kappa shape index (κ2) is 4.96. The number of hydrogen-bond acceptors (Lipinski definition) is 6. The summed E-state index contributed by atoms with van der Waals surface area (Å²) >= 11 is 1.16. The summed E-state index contributed by atoms with van der Waals surface area (Å²) in [5, 5.41) is 2.57. The molecular weight excluding hydrogens is 254 g/mol. The molecule has 0 bridgehead atoms. The van der Waals surface area contributed by atoms with E-state index in [2.05, 4.69) is 15.3 Å². The molecule has 5 N–H and O–H groups in total. The molecule has 0 spiro atoms. The Balaban J connectivity index is 2.17. The average molecular weight is 265 g/mol. The third-order valence-electron chi connectivity index (χ3n) is 2.23. The van der Waals surface area contributed by atoms with E-state index in [4.69, 9.17) is 11.5 Å². The van der Waals surface area contributed by atoms with Gasteiger partial charge in [-0.05, 0) is 0 Å². The van der Waals surface area contributed by atoms with Gasteiger partial charge < -0.3 is 16.8 Å². The molecule has 0 aliphatic carbocycles. The fourth-order valence-corrected chi connectivity index (χ4v) is 2.33. The number of fused-ring (bicyclic) bond motifs is 1. The van der Waals surface area contributed by atoms with E-state index in [1.54, 1.807) is 0 Å². The highest BCUT2D eigenvalue weighted by molar-refractivity contribution is 7.21. The van der Waals surface area contributed by atoms with E-state index in [1.807, 2.05) is 0 Å². The lowest BCUT2D eigenvalue weighted by Crippen LogP contribution is -2.27. The highest BCUT2D eigenvalue weighted by Crippen LogP contribution is 2.30. The van der Waals surface area contributed by atoms with Crippen molar-refractivity contribution in [2.24, 2.45) is 5.73 Å². The Morgan fingerprint density at radius 3 is 2.72 bits per heavy atom. The highest BCUT2D eigenvalue weighted by atomic mass is 32.1. The first-order chi connectivity index (χ1) is 8.59. The molecule has 2 heterocycles. The molecule has 0 aromatic carbocycles. The third kappa shape index (κ3) is 2.38. The summed E-state index contributed by atoms with van der Waals surface area (Å²) in [4.78, 5) is 31.5. The molecule has 94 valence electrons. The first-order valence-corrected chi connectivity index (χ1v) is 5.96. The number of nitrogens with zero attached hydrogens (tertiary/aromatic N) is 2. The number of amides is 2. The number of carbonyl (C=O) groups excluding carboxylic acids is 2. The number of rotatable bonds is 4. The maximum absolute atomic E-state index is 11.8. The Morgan fingerprint density at radius 1 is 1.33 bits per heavy atom. The van der Waals surface area contributed by atoms with Crippen LogP contribution in [0.5, 0.6) is 0 Å². The molecule has 2 rings (SSSR count). The molecule has 0 radical (unpaired) electrons. The topological polar surface area (TPSA) is 124 Å². The van der Waals surface area contributed by atoms with Crippen LogP contribution in [-0.4, -0.2) is 28.3 Å². The molecule has 0 unspecified atom stereocenters. The van der Waals surface area contributed by atoms with E-state index in [0.29, 0.717) is 20.9 Å². The number of nitrogen functional groups attached to an aromatic ring is 1. The van der Waals surface area contributed by atoms with Crippen molar-refractivity contribution in [1.82, 2.24) is 15.3 Å². The van der Waals surface area contributed by atoms with Gasteiger partial charge in [0.1, 0.15) is 15.2 Å². The predicted molar refractivity (Wildman–Crippen MR) is 68.0 cm³/mol. The smallest absolute Gasteiger partial charge is 0.263 e. The summed E-state index contributed by atoms with van der Waals surface area (Å²) in [5.74, 6) is -0.818. The Kier molecular flexibility index (Phi) is 3.38. The van der Waals surface area contributed by atoms with E-state index in [-0.39, 0.29) is 18.9 Å². The van der Waals surface area contributed by atoms with Gasteiger partial charge in [0.2, 0.25) is 5.91 Å². The number of hydrogen-bond donors (Lipinski definition) is 3. The molecule has 2 amide bonds. The molecule has 0 aliphatic rings. The van der Waals surface area contributed by atoms with Crippen LogP contribution in [0, 0.1) is 0 Å². The van der Waals surface area contributed by atoms with Crippen LogP contribution >= 0.6 is 11.3 Å². The minimum absolute atomic E-state index is 0.0903. The van der Waals surface area contributed by atoms with Crippen LogP contribution in [0.15, 0.2) is 12.4 Å². The molecule has 18 heavy (non-hydrogen) atoms. The molecule has 0 aliphatic heterocycles. The molecule has 0 saturated heterocycles. The number of nitrogens with two attached hydrogens (primary N) is 2. The quantitative estimate of drug-likeness (QED) is 0.710. The van der Waals surface area contributed by atoms with Crippen molar-refractivity contribution in [1.29, 1.82) is 0 Å². The molecule has 2 aromatic heterocycles. The second-order valence-electron chi connectivity index (χ2n) is 3.53. The summed E-state index contributed by atoms with van der Waals surface area (Å²) in [7, 11) is 0. The van der Waals surface area contributed by atoms with Crippen molar-refractivity contribution in [2.45, 2.75) is 6.42 Å². The van der Waals surface area contributed by atoms with E-state index in [9.17, 15) is 9.59 Å². The van der Waals surface area contributed by atoms with Gasteiger partial charge in [0.05, 0.1) is 5.69 Å². The number of anilines is 1. The number of thiophene rings is 1. The Bertz CT molecular complexity index is 609. The second-order valence-corrected chi connectivity index (χ2v) is 4.53. The van der Waals surface area contributed by atoms with E-state index in [1.165, 1.54) is 12.4 Å². The number of nitrogens with one attached hydrogen (secondary N) is 1. The van der Waals surface area contributed by atoms with Crippen LogP contribution in [0.2, 0.25) is 0 Å². The standard InChI is InChI=1S/C10H11N5O2S/c11-5(16)1-2-14-9(17)8-6(12)7-10(18-8)15-4-3-13-7/h3-4H,1-2,12H2,(H2,11,16)(H,14,17). The van der Waals surface area contributed by atoms with Crippen molar-refractivity contribution < 1.29 is 9.59 Å². The highest BCUT2D eigenvalue weighted by Gasteiger charge is 2.17. The Hall–Kier alpha value is -2.22. The maximum Gasteiger partial charge on any atom is 0.263 e. The summed E-state index contributed by atoms with van der Waals surface area (Å²) in [5.41, 5.74) is 11.6. The van der Waals surface area contributed by atoms with Gasteiger partial charge in [0.25, 0.3) is 5.91 Å². The molecule has 0 atom stereocenters. The van der Waals surface area contributed by atoms with E-state index >= 15 is 0 Å². The molecule has 7 nitrogen and oxygen atoms in total. The summed E-state index contributed by atoms with van der Waals surface area (Å²) in [6.45, 7) is 0.183. The van der Waals surface area contributed by atoms with Gasteiger partial charge in [-0.3, -0.25) is 9.59 Å². The van der Waals surface area contributed by atoms with Gasteiger partial charge in [-0.2, -0.15) is 0 Å². The predicted octanol–water partition coefficient (Wildman–Crippen LogP) is -0.121. The normalized spacial score (nSPS) is 10.4. The minimum Gasteiger partial charge on any atom is -0.396 e. The summed E-state index contributed by atoms with van der Waals surface area (Å²) in [6.07, 6.45) is 3.14. The zero-order chi connectivity index (χ0) is 13.1. The minimum atomic E-state index is -0.469. The van der Waals surface area contributed by atoms with Crippen LogP contribution < -0.4 is 16.8 Å². The first kappa shape index (κ1) is 12.2. The van der Waals surface area contributed by atoms with Crippen LogP contribution in [0.1, 0.15) is 16.1 Å². The summed E-state index contributed by atoms with van der Waals surface area (Å²) < 4.78 is 0. The van der Waals surface area contributed by atoms with Crippen molar-refractivity contribution in [3.05, 3.63) is 17.3 Å². The van der Waals surface area contributed by atoms with Crippen LogP contribution in [0.3, 0.4) is 0 Å². The molecule has 8 heteroatoms. The molecular formula is C10H11N5O2S. The Morgan fingerprint density at radius 2 is 2.06 bits per heavy atom. The van der Waals surface area contributed by atoms with Crippen molar-refractivity contribution in [2.75, 3.05) is 12.3 Å². The lowest BCUT2D eigenvalue weighted by molar-refractivity contribution is -0.117. The van der Waals surface area contributed by atoms with Crippen molar-refractivity contribution in [3.8, 4) is 0 Å². The van der Waals surface area contributed by atoms with Crippen molar-refractivity contribution >= 4 is 39.2 Å². The third-order valence-corrected chi connectivity index (χ3v) is 3.33. The van der Waals surface area contributed by atoms with Gasteiger partial charge in [-0.25, -0.2) is 9.97 Å². The Labute approximate surface area is 106 Å². The number of primary amides is 1. The van der Waals surface area contributed by atoms with Crippen molar-refractivity contribution in [3.63, 3.8) is 0 Å². The zero-order valence-corrected chi connectivity index (χ0v) is 10.2. The zero-order valence-electron chi connectivity index (χ0n) is 9.34.